The number of benzene rings is 1. The monoisotopic (exact) mass is 183 g/mol. The summed E-state index contributed by atoms with van der Waals surface area (Å²) in [7, 11) is 0. The number of carbonyl (C=O) groups is 1. The fraction of sp³-hybridized carbons (Fsp3) is 0.222. The number of alkyl halides is 1. The molecule has 0 amide bonds. The van der Waals surface area contributed by atoms with E-state index in [1.807, 2.05) is 0 Å². The first-order chi connectivity index (χ1) is 6.15. The van der Waals surface area contributed by atoms with Crippen molar-refractivity contribution in [3.8, 4) is 0 Å². The lowest BCUT2D eigenvalue weighted by Crippen LogP contribution is -2.20. The van der Waals surface area contributed by atoms with Crippen molar-refractivity contribution < 1.29 is 14.3 Å². The smallest absolute Gasteiger partial charge is 0.325 e. The standard InChI is InChI=1S/C9H10FNO2/c10-5-6-2-1-3-7(4-6)8(11)9(12)13/h1-4,8H,5,11H2,(H,12,13). The van der Waals surface area contributed by atoms with Crippen LogP contribution < -0.4 is 5.73 Å². The van der Waals surface area contributed by atoms with Crippen LogP contribution in [0.25, 0.3) is 0 Å². The van der Waals surface area contributed by atoms with Crippen LogP contribution in [0.4, 0.5) is 4.39 Å². The normalized spacial score (nSPS) is 12.5. The van der Waals surface area contributed by atoms with Crippen molar-refractivity contribution in [2.75, 3.05) is 0 Å². The fourth-order valence-electron chi connectivity index (χ4n) is 1.01. The van der Waals surface area contributed by atoms with Crippen molar-refractivity contribution in [2.45, 2.75) is 12.7 Å². The van der Waals surface area contributed by atoms with Gasteiger partial charge in [-0.3, -0.25) is 4.79 Å². The molecule has 0 radical (unpaired) electrons. The Balaban J connectivity index is 2.94. The zero-order valence-electron chi connectivity index (χ0n) is 6.90. The van der Waals surface area contributed by atoms with Crippen molar-refractivity contribution >= 4 is 5.97 Å². The maximum atomic E-state index is 12.2. The van der Waals surface area contributed by atoms with E-state index in [9.17, 15) is 9.18 Å². The summed E-state index contributed by atoms with van der Waals surface area (Å²) in [6.45, 7) is -0.611. The Kier molecular flexibility index (Phi) is 2.97. The predicted molar refractivity (Wildman–Crippen MR) is 45.8 cm³/mol. The van der Waals surface area contributed by atoms with E-state index in [1.54, 1.807) is 18.2 Å². The summed E-state index contributed by atoms with van der Waals surface area (Å²) in [6, 6.07) is 5.12. The quantitative estimate of drug-likeness (QED) is 0.741. The highest BCUT2D eigenvalue weighted by Crippen LogP contribution is 2.13. The van der Waals surface area contributed by atoms with E-state index in [1.165, 1.54) is 6.07 Å². The summed E-state index contributed by atoms with van der Waals surface area (Å²) in [5, 5.41) is 8.58. The Hall–Kier alpha value is -1.42. The lowest BCUT2D eigenvalue weighted by Gasteiger charge is -2.06. The van der Waals surface area contributed by atoms with Crippen LogP contribution in [0.5, 0.6) is 0 Å². The van der Waals surface area contributed by atoms with Gasteiger partial charge < -0.3 is 10.8 Å². The summed E-state index contributed by atoms with van der Waals surface area (Å²) in [5.74, 6) is -1.11. The number of carboxylic acids is 1. The van der Waals surface area contributed by atoms with Gasteiger partial charge in [0.2, 0.25) is 0 Å². The molecule has 0 bridgehead atoms. The molecule has 0 heterocycles. The van der Waals surface area contributed by atoms with Gasteiger partial charge in [-0.1, -0.05) is 24.3 Å². The number of hydrogen-bond acceptors (Lipinski definition) is 2. The first kappa shape index (κ1) is 9.67. The fourth-order valence-corrected chi connectivity index (χ4v) is 1.01. The number of hydrogen-bond donors (Lipinski definition) is 2. The summed E-state index contributed by atoms with van der Waals surface area (Å²) in [4.78, 5) is 10.5. The molecular weight excluding hydrogens is 173 g/mol. The molecule has 70 valence electrons. The van der Waals surface area contributed by atoms with Gasteiger partial charge in [-0.05, 0) is 11.1 Å². The predicted octanol–water partition coefficient (Wildman–Crippen LogP) is 1.24. The molecule has 4 heteroatoms. The van der Waals surface area contributed by atoms with Crippen molar-refractivity contribution in [2.24, 2.45) is 5.73 Å². The zero-order valence-corrected chi connectivity index (χ0v) is 6.90. The SMILES string of the molecule is NC(C(=O)O)c1cccc(CF)c1. The van der Waals surface area contributed by atoms with Crippen molar-refractivity contribution in [1.29, 1.82) is 0 Å². The second kappa shape index (κ2) is 4.00. The van der Waals surface area contributed by atoms with E-state index in [2.05, 4.69) is 0 Å². The van der Waals surface area contributed by atoms with Crippen molar-refractivity contribution in [1.82, 2.24) is 0 Å². The second-order valence-corrected chi connectivity index (χ2v) is 2.69. The van der Waals surface area contributed by atoms with Crippen molar-refractivity contribution in [3.63, 3.8) is 0 Å². The van der Waals surface area contributed by atoms with E-state index in [-0.39, 0.29) is 0 Å². The molecule has 0 aliphatic rings. The Bertz CT molecular complexity index is 314. The molecule has 1 atom stereocenters. The summed E-state index contributed by atoms with van der Waals surface area (Å²) in [5.41, 5.74) is 6.20. The topological polar surface area (TPSA) is 63.3 Å². The second-order valence-electron chi connectivity index (χ2n) is 2.69. The number of halogens is 1. The molecular formula is C9H10FNO2. The first-order valence-corrected chi connectivity index (χ1v) is 3.78. The largest absolute Gasteiger partial charge is 0.480 e. The number of nitrogens with two attached hydrogens (primary N) is 1. The highest BCUT2D eigenvalue weighted by molar-refractivity contribution is 5.75. The van der Waals surface area contributed by atoms with Crippen LogP contribution in [0.2, 0.25) is 0 Å². The molecule has 0 fully saturated rings. The van der Waals surface area contributed by atoms with Gasteiger partial charge in [0.25, 0.3) is 0 Å². The van der Waals surface area contributed by atoms with Gasteiger partial charge in [-0.25, -0.2) is 4.39 Å². The van der Waals surface area contributed by atoms with Gasteiger partial charge in [0.05, 0.1) is 0 Å². The molecule has 0 spiro atoms. The third-order valence-electron chi connectivity index (χ3n) is 1.73. The van der Waals surface area contributed by atoms with Gasteiger partial charge in [-0.2, -0.15) is 0 Å². The Morgan fingerprint density at radius 3 is 2.85 bits per heavy atom. The van der Waals surface area contributed by atoms with Gasteiger partial charge >= 0.3 is 5.97 Å². The van der Waals surface area contributed by atoms with Crippen LogP contribution in [-0.2, 0) is 11.5 Å². The van der Waals surface area contributed by atoms with Crippen LogP contribution in [0.1, 0.15) is 17.2 Å². The first-order valence-electron chi connectivity index (χ1n) is 3.78. The van der Waals surface area contributed by atoms with Gasteiger partial charge in [-0.15, -0.1) is 0 Å². The molecule has 0 saturated carbocycles. The average molecular weight is 183 g/mol. The minimum atomic E-state index is -1.11. The van der Waals surface area contributed by atoms with Crippen LogP contribution in [-0.4, -0.2) is 11.1 Å². The molecule has 1 rings (SSSR count). The molecule has 0 saturated heterocycles. The van der Waals surface area contributed by atoms with Crippen molar-refractivity contribution in [3.05, 3.63) is 35.4 Å². The Morgan fingerprint density at radius 1 is 1.62 bits per heavy atom. The van der Waals surface area contributed by atoms with Gasteiger partial charge in [0, 0.05) is 0 Å². The minimum absolute atomic E-state index is 0.419. The van der Waals surface area contributed by atoms with Crippen LogP contribution in [0, 0.1) is 0 Å². The van der Waals surface area contributed by atoms with Crippen LogP contribution in [0.3, 0.4) is 0 Å². The number of aliphatic carboxylic acids is 1. The minimum Gasteiger partial charge on any atom is -0.480 e. The molecule has 1 aromatic carbocycles. The van der Waals surface area contributed by atoms with E-state index in [4.69, 9.17) is 10.8 Å². The highest BCUT2D eigenvalue weighted by Gasteiger charge is 2.13. The maximum absolute atomic E-state index is 12.2. The van der Waals surface area contributed by atoms with Gasteiger partial charge in [0.1, 0.15) is 12.7 Å². The molecule has 0 aliphatic heterocycles. The molecule has 3 N–H and O–H groups in total. The summed E-state index contributed by atoms with van der Waals surface area (Å²) in [6.07, 6.45) is 0. The van der Waals surface area contributed by atoms with Crippen LogP contribution in [0.15, 0.2) is 24.3 Å². The Morgan fingerprint density at radius 2 is 2.31 bits per heavy atom. The molecule has 1 aromatic rings. The maximum Gasteiger partial charge on any atom is 0.325 e. The van der Waals surface area contributed by atoms with Gasteiger partial charge in [0.15, 0.2) is 0 Å². The molecule has 1 unspecified atom stereocenters. The number of carboxylic acid groups (broad SMARTS) is 1. The molecule has 0 aromatic heterocycles. The van der Waals surface area contributed by atoms with E-state index < -0.39 is 18.7 Å². The van der Waals surface area contributed by atoms with E-state index >= 15 is 0 Å². The summed E-state index contributed by atoms with van der Waals surface area (Å²) >= 11 is 0. The molecule has 13 heavy (non-hydrogen) atoms. The third-order valence-corrected chi connectivity index (χ3v) is 1.73. The molecule has 3 nitrogen and oxygen atoms in total. The Labute approximate surface area is 75.0 Å². The highest BCUT2D eigenvalue weighted by atomic mass is 19.1. The van der Waals surface area contributed by atoms with E-state index in [0.717, 1.165) is 0 Å². The lowest BCUT2D eigenvalue weighted by atomic mass is 10.1. The average Bonchev–Trinajstić information content (AvgIpc) is 2.16. The molecule has 0 aliphatic carbocycles. The van der Waals surface area contributed by atoms with Crippen LogP contribution >= 0.6 is 0 Å². The van der Waals surface area contributed by atoms with E-state index in [0.29, 0.717) is 11.1 Å². The third kappa shape index (κ3) is 2.26. The zero-order chi connectivity index (χ0) is 9.84. The lowest BCUT2D eigenvalue weighted by molar-refractivity contribution is -0.138. The summed E-state index contributed by atoms with van der Waals surface area (Å²) < 4.78 is 12.2. The number of rotatable bonds is 3.